The van der Waals surface area contributed by atoms with Crippen LogP contribution in [0.4, 0.5) is 15.8 Å². The highest BCUT2D eigenvalue weighted by Crippen LogP contribution is 2.26. The van der Waals surface area contributed by atoms with Crippen LogP contribution in [0.3, 0.4) is 0 Å². The first-order valence-electron chi connectivity index (χ1n) is 6.68. The molecular weight excluding hydrogens is 335 g/mol. The van der Waals surface area contributed by atoms with E-state index >= 15 is 0 Å². The van der Waals surface area contributed by atoms with E-state index in [1.54, 1.807) is 19.1 Å². The number of anilines is 2. The van der Waals surface area contributed by atoms with E-state index in [1.165, 1.54) is 6.07 Å². The molecule has 0 aromatic heterocycles. The van der Waals surface area contributed by atoms with Gasteiger partial charge in [0.25, 0.3) is 5.91 Å². The van der Waals surface area contributed by atoms with Crippen molar-refractivity contribution in [2.24, 2.45) is 0 Å². The molecule has 21 heavy (non-hydrogen) atoms. The lowest BCUT2D eigenvalue weighted by atomic mass is 10.1. The fourth-order valence-electron chi connectivity index (χ4n) is 2.42. The predicted octanol–water partition coefficient (Wildman–Crippen LogP) is 4.12. The maximum absolute atomic E-state index is 13.4. The van der Waals surface area contributed by atoms with Gasteiger partial charge in [-0.25, -0.2) is 4.39 Å². The summed E-state index contributed by atoms with van der Waals surface area (Å²) in [6.45, 7) is 2.67. The first kappa shape index (κ1) is 14.1. The summed E-state index contributed by atoms with van der Waals surface area (Å²) in [5, 5.41) is 6.09. The summed E-state index contributed by atoms with van der Waals surface area (Å²) in [4.78, 5) is 12.3. The van der Waals surface area contributed by atoms with E-state index in [0.29, 0.717) is 21.3 Å². The summed E-state index contributed by atoms with van der Waals surface area (Å²) in [7, 11) is 0. The molecule has 2 aromatic carbocycles. The second kappa shape index (κ2) is 5.48. The molecule has 0 aliphatic carbocycles. The Hall–Kier alpha value is -1.88. The average molecular weight is 349 g/mol. The van der Waals surface area contributed by atoms with Crippen molar-refractivity contribution in [1.82, 2.24) is 0 Å². The Morgan fingerprint density at radius 3 is 2.95 bits per heavy atom. The van der Waals surface area contributed by atoms with Crippen molar-refractivity contribution >= 4 is 33.2 Å². The summed E-state index contributed by atoms with van der Waals surface area (Å²) < 4.78 is 13.7. The van der Waals surface area contributed by atoms with Crippen LogP contribution in [0.1, 0.15) is 21.5 Å². The Kier molecular flexibility index (Phi) is 3.68. The fourth-order valence-corrected chi connectivity index (χ4v) is 2.76. The summed E-state index contributed by atoms with van der Waals surface area (Å²) in [6, 6.07) is 8.59. The quantitative estimate of drug-likeness (QED) is 0.857. The van der Waals surface area contributed by atoms with Crippen LogP contribution in [0, 0.1) is 12.7 Å². The predicted molar refractivity (Wildman–Crippen MR) is 85.4 cm³/mol. The number of fused-ring (bicyclic) bond motifs is 1. The number of hydrogen-bond acceptors (Lipinski definition) is 2. The van der Waals surface area contributed by atoms with E-state index in [4.69, 9.17) is 0 Å². The molecule has 0 saturated carbocycles. The van der Waals surface area contributed by atoms with Gasteiger partial charge in [0, 0.05) is 23.5 Å². The van der Waals surface area contributed by atoms with Gasteiger partial charge >= 0.3 is 0 Å². The van der Waals surface area contributed by atoms with Gasteiger partial charge in [0.15, 0.2) is 0 Å². The minimum atomic E-state index is -0.339. The van der Waals surface area contributed by atoms with E-state index in [0.717, 1.165) is 24.2 Å². The van der Waals surface area contributed by atoms with Crippen molar-refractivity contribution in [2.45, 2.75) is 13.3 Å². The van der Waals surface area contributed by atoms with Gasteiger partial charge in [0.1, 0.15) is 5.82 Å². The van der Waals surface area contributed by atoms with Gasteiger partial charge in [0.2, 0.25) is 0 Å². The van der Waals surface area contributed by atoms with Crippen molar-refractivity contribution in [3.05, 3.63) is 57.3 Å². The first-order valence-corrected chi connectivity index (χ1v) is 7.47. The number of halogens is 2. The van der Waals surface area contributed by atoms with E-state index in [9.17, 15) is 9.18 Å². The van der Waals surface area contributed by atoms with Crippen LogP contribution in [0.25, 0.3) is 0 Å². The highest BCUT2D eigenvalue weighted by molar-refractivity contribution is 9.10. The molecule has 2 aromatic rings. The van der Waals surface area contributed by atoms with Gasteiger partial charge in [-0.2, -0.15) is 0 Å². The van der Waals surface area contributed by atoms with Gasteiger partial charge in [-0.15, -0.1) is 0 Å². The zero-order valence-electron chi connectivity index (χ0n) is 11.5. The summed E-state index contributed by atoms with van der Waals surface area (Å²) in [5.74, 6) is -0.527. The lowest BCUT2D eigenvalue weighted by Crippen LogP contribution is -2.13. The van der Waals surface area contributed by atoms with Crippen molar-refractivity contribution in [3.8, 4) is 0 Å². The standard InChI is InChI=1S/C16H14BrFN2O/c1-9-6-13(18)12(17)8-15(9)20-16(21)11-2-3-14-10(7-11)4-5-19-14/h2-3,6-8,19H,4-5H2,1H3,(H,20,21). The Balaban J connectivity index is 1.85. The molecule has 2 N–H and O–H groups in total. The number of hydrogen-bond donors (Lipinski definition) is 2. The number of aryl methyl sites for hydroxylation is 1. The van der Waals surface area contributed by atoms with E-state index in [2.05, 4.69) is 26.6 Å². The van der Waals surface area contributed by atoms with Crippen molar-refractivity contribution in [1.29, 1.82) is 0 Å². The molecule has 0 radical (unpaired) electrons. The third kappa shape index (κ3) is 2.78. The van der Waals surface area contributed by atoms with Crippen LogP contribution in [0.5, 0.6) is 0 Å². The number of nitrogens with one attached hydrogen (secondary N) is 2. The van der Waals surface area contributed by atoms with Crippen molar-refractivity contribution in [2.75, 3.05) is 17.2 Å². The zero-order chi connectivity index (χ0) is 15.0. The fraction of sp³-hybridized carbons (Fsp3) is 0.188. The second-order valence-electron chi connectivity index (χ2n) is 5.08. The molecule has 5 heteroatoms. The Morgan fingerprint density at radius 2 is 2.14 bits per heavy atom. The molecule has 0 bridgehead atoms. The lowest BCUT2D eigenvalue weighted by molar-refractivity contribution is 0.102. The number of benzene rings is 2. The summed E-state index contributed by atoms with van der Waals surface area (Å²) >= 11 is 3.13. The molecule has 1 amide bonds. The van der Waals surface area contributed by atoms with Crippen LogP contribution in [0.2, 0.25) is 0 Å². The van der Waals surface area contributed by atoms with Gasteiger partial charge in [-0.1, -0.05) is 0 Å². The minimum Gasteiger partial charge on any atom is -0.384 e. The molecule has 3 nitrogen and oxygen atoms in total. The highest BCUT2D eigenvalue weighted by Gasteiger charge is 2.14. The third-order valence-electron chi connectivity index (χ3n) is 3.59. The third-order valence-corrected chi connectivity index (χ3v) is 4.20. The van der Waals surface area contributed by atoms with Crippen LogP contribution < -0.4 is 10.6 Å². The molecule has 1 aliphatic heterocycles. The average Bonchev–Trinajstić information content (AvgIpc) is 2.92. The molecule has 0 spiro atoms. The van der Waals surface area contributed by atoms with Crippen LogP contribution in [-0.2, 0) is 6.42 Å². The molecular formula is C16H14BrFN2O. The van der Waals surface area contributed by atoms with Gasteiger partial charge in [-0.3, -0.25) is 4.79 Å². The Morgan fingerprint density at radius 1 is 1.33 bits per heavy atom. The molecule has 0 unspecified atom stereocenters. The van der Waals surface area contributed by atoms with Gasteiger partial charge < -0.3 is 10.6 Å². The van der Waals surface area contributed by atoms with Crippen LogP contribution in [-0.4, -0.2) is 12.5 Å². The summed E-state index contributed by atoms with van der Waals surface area (Å²) in [6.07, 6.45) is 0.928. The second-order valence-corrected chi connectivity index (χ2v) is 5.94. The molecule has 0 fully saturated rings. The molecule has 108 valence electrons. The Bertz CT molecular complexity index is 730. The normalized spacial score (nSPS) is 12.7. The largest absolute Gasteiger partial charge is 0.384 e. The molecule has 0 saturated heterocycles. The Labute approximate surface area is 130 Å². The zero-order valence-corrected chi connectivity index (χ0v) is 13.1. The van der Waals surface area contributed by atoms with Crippen LogP contribution in [0.15, 0.2) is 34.8 Å². The highest BCUT2D eigenvalue weighted by atomic mass is 79.9. The van der Waals surface area contributed by atoms with Crippen molar-refractivity contribution in [3.63, 3.8) is 0 Å². The molecule has 1 aliphatic rings. The topological polar surface area (TPSA) is 41.1 Å². The van der Waals surface area contributed by atoms with E-state index < -0.39 is 0 Å². The van der Waals surface area contributed by atoms with E-state index in [1.807, 2.05) is 12.1 Å². The molecule has 0 atom stereocenters. The monoisotopic (exact) mass is 348 g/mol. The maximum atomic E-state index is 13.4. The van der Waals surface area contributed by atoms with Crippen LogP contribution >= 0.6 is 15.9 Å². The number of carbonyl (C=O) groups excluding carboxylic acids is 1. The summed E-state index contributed by atoms with van der Waals surface area (Å²) in [5.41, 5.74) is 4.14. The molecule has 1 heterocycles. The minimum absolute atomic E-state index is 0.189. The van der Waals surface area contributed by atoms with E-state index in [-0.39, 0.29) is 11.7 Å². The van der Waals surface area contributed by atoms with Gasteiger partial charge in [-0.05, 0) is 70.7 Å². The molecule has 3 rings (SSSR count). The smallest absolute Gasteiger partial charge is 0.255 e. The number of carbonyl (C=O) groups is 1. The SMILES string of the molecule is Cc1cc(F)c(Br)cc1NC(=O)c1ccc2c(c1)CCN2. The maximum Gasteiger partial charge on any atom is 0.255 e. The van der Waals surface area contributed by atoms with Gasteiger partial charge in [0.05, 0.1) is 4.47 Å². The van der Waals surface area contributed by atoms with Crippen molar-refractivity contribution < 1.29 is 9.18 Å². The lowest BCUT2D eigenvalue weighted by Gasteiger charge is -2.10. The number of rotatable bonds is 2. The first-order chi connectivity index (χ1) is 10.0. The number of amides is 1.